The Bertz CT molecular complexity index is 363. The van der Waals surface area contributed by atoms with E-state index >= 15 is 0 Å². The summed E-state index contributed by atoms with van der Waals surface area (Å²) in [7, 11) is 0. The van der Waals surface area contributed by atoms with Crippen LogP contribution in [0.3, 0.4) is 0 Å². The van der Waals surface area contributed by atoms with Crippen LogP contribution in [0.15, 0.2) is 30.3 Å². The molecule has 94 valence electrons. The Balaban J connectivity index is 2.79. The van der Waals surface area contributed by atoms with Crippen LogP contribution in [0.1, 0.15) is 25.3 Å². The molecule has 0 aromatic heterocycles. The summed E-state index contributed by atoms with van der Waals surface area (Å²) in [6.07, 6.45) is 0. The fourth-order valence-electron chi connectivity index (χ4n) is 1.54. The van der Waals surface area contributed by atoms with Gasteiger partial charge in [-0.05, 0) is 19.4 Å². The Kier molecular flexibility index (Phi) is 4.66. The van der Waals surface area contributed by atoms with E-state index in [4.69, 9.17) is 10.8 Å². The lowest BCUT2D eigenvalue weighted by molar-refractivity contribution is -0.124. The number of aliphatic hydroxyl groups excluding tert-OH is 1. The van der Waals surface area contributed by atoms with Gasteiger partial charge in [0.25, 0.3) is 0 Å². The summed E-state index contributed by atoms with van der Waals surface area (Å²) in [5, 5.41) is 11.9. The molecule has 1 rings (SSSR count). The van der Waals surface area contributed by atoms with Crippen LogP contribution in [0.25, 0.3) is 0 Å². The average molecular weight is 236 g/mol. The van der Waals surface area contributed by atoms with E-state index in [9.17, 15) is 4.79 Å². The Morgan fingerprint density at radius 3 is 2.47 bits per heavy atom. The van der Waals surface area contributed by atoms with Gasteiger partial charge >= 0.3 is 0 Å². The first-order valence-electron chi connectivity index (χ1n) is 5.68. The van der Waals surface area contributed by atoms with Gasteiger partial charge in [0.15, 0.2) is 0 Å². The number of nitrogens with two attached hydrogens (primary N) is 1. The van der Waals surface area contributed by atoms with Gasteiger partial charge in [0.2, 0.25) is 5.91 Å². The van der Waals surface area contributed by atoms with Gasteiger partial charge in [-0.1, -0.05) is 30.3 Å². The quantitative estimate of drug-likeness (QED) is 0.701. The van der Waals surface area contributed by atoms with Crippen LogP contribution >= 0.6 is 0 Å². The molecule has 0 aliphatic carbocycles. The summed E-state index contributed by atoms with van der Waals surface area (Å²) >= 11 is 0. The summed E-state index contributed by atoms with van der Waals surface area (Å²) in [5.74, 6) is -0.528. The molecule has 1 unspecified atom stereocenters. The smallest absolute Gasteiger partial charge is 0.229 e. The van der Waals surface area contributed by atoms with E-state index in [0.29, 0.717) is 0 Å². The van der Waals surface area contributed by atoms with Crippen molar-refractivity contribution in [3.05, 3.63) is 35.9 Å². The molecule has 1 amide bonds. The standard InChI is InChI=1S/C13H20N2O2/c1-13(2,9-16)15-12(17)11(8-14)10-6-4-3-5-7-10/h3-7,11,16H,8-9,14H2,1-2H3,(H,15,17). The third kappa shape index (κ3) is 3.84. The van der Waals surface area contributed by atoms with Gasteiger partial charge in [0.1, 0.15) is 0 Å². The molecule has 0 heterocycles. The van der Waals surface area contributed by atoms with Crippen molar-refractivity contribution in [3.8, 4) is 0 Å². The van der Waals surface area contributed by atoms with Crippen LogP contribution in [0.5, 0.6) is 0 Å². The van der Waals surface area contributed by atoms with E-state index in [1.165, 1.54) is 0 Å². The van der Waals surface area contributed by atoms with E-state index in [0.717, 1.165) is 5.56 Å². The zero-order valence-corrected chi connectivity index (χ0v) is 10.3. The summed E-state index contributed by atoms with van der Waals surface area (Å²) in [4.78, 5) is 12.0. The highest BCUT2D eigenvalue weighted by Crippen LogP contribution is 2.15. The predicted octanol–water partition coefficient (Wildman–Crippen LogP) is 0.616. The van der Waals surface area contributed by atoms with E-state index in [1.54, 1.807) is 13.8 Å². The second-order valence-electron chi connectivity index (χ2n) is 4.73. The van der Waals surface area contributed by atoms with E-state index in [-0.39, 0.29) is 25.0 Å². The number of hydrogen-bond donors (Lipinski definition) is 3. The lowest BCUT2D eigenvalue weighted by Crippen LogP contribution is -2.49. The molecule has 4 N–H and O–H groups in total. The summed E-state index contributed by atoms with van der Waals surface area (Å²) in [5.41, 5.74) is 5.91. The Morgan fingerprint density at radius 1 is 1.41 bits per heavy atom. The Hall–Kier alpha value is -1.39. The lowest BCUT2D eigenvalue weighted by atomic mass is 9.96. The molecule has 17 heavy (non-hydrogen) atoms. The van der Waals surface area contributed by atoms with E-state index in [1.807, 2.05) is 30.3 Å². The topological polar surface area (TPSA) is 75.3 Å². The zero-order valence-electron chi connectivity index (χ0n) is 10.3. The summed E-state index contributed by atoms with van der Waals surface area (Å²) in [6, 6.07) is 9.41. The molecule has 0 bridgehead atoms. The first-order chi connectivity index (χ1) is 8.00. The first kappa shape index (κ1) is 13.7. The molecule has 1 aromatic rings. The van der Waals surface area contributed by atoms with E-state index in [2.05, 4.69) is 5.32 Å². The number of carbonyl (C=O) groups excluding carboxylic acids is 1. The largest absolute Gasteiger partial charge is 0.394 e. The second kappa shape index (κ2) is 5.80. The normalized spacial score (nSPS) is 13.2. The maximum absolute atomic E-state index is 12.0. The van der Waals surface area contributed by atoms with Crippen molar-refractivity contribution in [2.24, 2.45) is 5.73 Å². The minimum absolute atomic E-state index is 0.106. The monoisotopic (exact) mass is 236 g/mol. The van der Waals surface area contributed by atoms with Crippen molar-refractivity contribution in [2.45, 2.75) is 25.3 Å². The summed E-state index contributed by atoms with van der Waals surface area (Å²) in [6.45, 7) is 3.68. The molecular formula is C13H20N2O2. The van der Waals surface area contributed by atoms with Crippen molar-refractivity contribution in [3.63, 3.8) is 0 Å². The fraction of sp³-hybridized carbons (Fsp3) is 0.462. The van der Waals surface area contributed by atoms with Crippen molar-refractivity contribution in [1.29, 1.82) is 0 Å². The maximum atomic E-state index is 12.0. The van der Waals surface area contributed by atoms with Crippen LogP contribution in [-0.4, -0.2) is 29.7 Å². The molecule has 0 aliphatic rings. The molecule has 0 radical (unpaired) electrons. The van der Waals surface area contributed by atoms with Gasteiger partial charge in [-0.25, -0.2) is 0 Å². The Labute approximate surface area is 102 Å². The first-order valence-corrected chi connectivity index (χ1v) is 5.68. The molecule has 4 nitrogen and oxygen atoms in total. The van der Waals surface area contributed by atoms with Crippen molar-refractivity contribution < 1.29 is 9.90 Å². The van der Waals surface area contributed by atoms with Gasteiger partial charge in [0.05, 0.1) is 18.1 Å². The highest BCUT2D eigenvalue weighted by molar-refractivity contribution is 5.84. The molecule has 4 heteroatoms. The van der Waals surface area contributed by atoms with Crippen molar-refractivity contribution >= 4 is 5.91 Å². The van der Waals surface area contributed by atoms with Crippen LogP contribution in [0.2, 0.25) is 0 Å². The molecule has 0 spiro atoms. The van der Waals surface area contributed by atoms with E-state index < -0.39 is 5.54 Å². The second-order valence-corrected chi connectivity index (χ2v) is 4.73. The van der Waals surface area contributed by atoms with Crippen LogP contribution in [0, 0.1) is 0 Å². The molecule has 0 fully saturated rings. The highest BCUT2D eigenvalue weighted by atomic mass is 16.3. The predicted molar refractivity (Wildman–Crippen MR) is 67.5 cm³/mol. The molecule has 0 saturated carbocycles. The molecule has 0 aliphatic heterocycles. The Morgan fingerprint density at radius 2 is 2.00 bits per heavy atom. The van der Waals surface area contributed by atoms with Crippen molar-refractivity contribution in [2.75, 3.05) is 13.2 Å². The summed E-state index contributed by atoms with van der Waals surface area (Å²) < 4.78 is 0. The van der Waals surface area contributed by atoms with Crippen LogP contribution < -0.4 is 11.1 Å². The van der Waals surface area contributed by atoms with Gasteiger partial charge < -0.3 is 16.2 Å². The molecule has 1 aromatic carbocycles. The van der Waals surface area contributed by atoms with Crippen molar-refractivity contribution in [1.82, 2.24) is 5.32 Å². The van der Waals surface area contributed by atoms with Gasteiger partial charge in [-0.3, -0.25) is 4.79 Å². The zero-order chi connectivity index (χ0) is 12.9. The number of hydrogen-bond acceptors (Lipinski definition) is 3. The number of benzene rings is 1. The SMILES string of the molecule is CC(C)(CO)NC(=O)C(CN)c1ccccc1. The number of carbonyl (C=O) groups is 1. The van der Waals surface area contributed by atoms with Gasteiger partial charge in [-0.2, -0.15) is 0 Å². The average Bonchev–Trinajstić information content (AvgIpc) is 2.31. The number of amides is 1. The molecule has 1 atom stereocenters. The minimum Gasteiger partial charge on any atom is -0.394 e. The lowest BCUT2D eigenvalue weighted by Gasteiger charge is -2.26. The highest BCUT2D eigenvalue weighted by Gasteiger charge is 2.25. The fourth-order valence-corrected chi connectivity index (χ4v) is 1.54. The van der Waals surface area contributed by atoms with Crippen LogP contribution in [0.4, 0.5) is 0 Å². The number of rotatable bonds is 5. The third-order valence-electron chi connectivity index (χ3n) is 2.61. The maximum Gasteiger partial charge on any atom is 0.229 e. The van der Waals surface area contributed by atoms with Gasteiger partial charge in [0, 0.05) is 6.54 Å². The molecular weight excluding hydrogens is 216 g/mol. The molecule has 0 saturated heterocycles. The van der Waals surface area contributed by atoms with Crippen LogP contribution in [-0.2, 0) is 4.79 Å². The minimum atomic E-state index is -0.626. The third-order valence-corrected chi connectivity index (χ3v) is 2.61. The van der Waals surface area contributed by atoms with Gasteiger partial charge in [-0.15, -0.1) is 0 Å². The number of aliphatic hydroxyl groups is 1. The number of nitrogens with one attached hydrogen (secondary N) is 1.